The predicted molar refractivity (Wildman–Crippen MR) is 95.9 cm³/mol. The summed E-state index contributed by atoms with van der Waals surface area (Å²) in [5.41, 5.74) is 0.969. The predicted octanol–water partition coefficient (Wildman–Crippen LogP) is 3.89. The highest BCUT2D eigenvalue weighted by atomic mass is 16.6. The molecule has 2 rings (SSSR count). The summed E-state index contributed by atoms with van der Waals surface area (Å²) in [6.07, 6.45) is 0. The number of non-ortho nitro benzene ring substituents is 1. The van der Waals surface area contributed by atoms with Crippen molar-refractivity contribution in [1.29, 1.82) is 0 Å². The van der Waals surface area contributed by atoms with Gasteiger partial charge in [0.2, 0.25) is 0 Å². The molecule has 0 radical (unpaired) electrons. The fourth-order valence-electron chi connectivity index (χ4n) is 2.20. The third kappa shape index (κ3) is 4.95. The number of carbonyl (C=O) groups is 1. The number of nitro benzene ring substituents is 1. The van der Waals surface area contributed by atoms with E-state index in [1.165, 1.54) is 19.2 Å². The Morgan fingerprint density at radius 3 is 2.27 bits per heavy atom. The van der Waals surface area contributed by atoms with Gasteiger partial charge in [-0.25, -0.2) is 4.79 Å². The Balaban J connectivity index is 2.01. The summed E-state index contributed by atoms with van der Waals surface area (Å²) >= 11 is 0. The third-order valence-electron chi connectivity index (χ3n) is 3.66. The fraction of sp³-hybridized carbons (Fsp3) is 0.316. The van der Waals surface area contributed by atoms with Crippen LogP contribution in [0.4, 0.5) is 5.69 Å². The second-order valence-electron chi connectivity index (χ2n) is 6.63. The molecule has 0 aliphatic carbocycles. The van der Waals surface area contributed by atoms with E-state index < -0.39 is 10.9 Å². The van der Waals surface area contributed by atoms with E-state index in [1.807, 2.05) is 12.1 Å². The van der Waals surface area contributed by atoms with Crippen molar-refractivity contribution in [1.82, 2.24) is 0 Å². The van der Waals surface area contributed by atoms with E-state index in [9.17, 15) is 14.9 Å². The number of esters is 1. The molecule has 0 bridgehead atoms. The Hall–Kier alpha value is -3.09. The first kappa shape index (κ1) is 19.2. The first-order valence-corrected chi connectivity index (χ1v) is 7.97. The molecule has 0 saturated heterocycles. The van der Waals surface area contributed by atoms with Crippen LogP contribution in [0.5, 0.6) is 17.2 Å². The minimum Gasteiger partial charge on any atom is -0.493 e. The van der Waals surface area contributed by atoms with E-state index in [4.69, 9.17) is 14.2 Å². The van der Waals surface area contributed by atoms with Gasteiger partial charge >= 0.3 is 5.97 Å². The SMILES string of the molecule is COc1ccc([N+](=O)[O-])cc1OC(=O)COc1ccc(C(C)(C)C)cc1. The van der Waals surface area contributed by atoms with Gasteiger partial charge in [0, 0.05) is 6.07 Å². The van der Waals surface area contributed by atoms with Crippen LogP contribution in [0.25, 0.3) is 0 Å². The van der Waals surface area contributed by atoms with Crippen molar-refractivity contribution in [3.05, 3.63) is 58.1 Å². The molecule has 0 amide bonds. The molecule has 7 heteroatoms. The van der Waals surface area contributed by atoms with Crippen molar-refractivity contribution in [3.63, 3.8) is 0 Å². The third-order valence-corrected chi connectivity index (χ3v) is 3.66. The average Bonchev–Trinajstić information content (AvgIpc) is 2.59. The lowest BCUT2D eigenvalue weighted by Crippen LogP contribution is -2.18. The van der Waals surface area contributed by atoms with Crippen LogP contribution in [0.3, 0.4) is 0 Å². The minimum absolute atomic E-state index is 0.0238. The average molecular weight is 359 g/mol. The number of nitro groups is 1. The standard InChI is InChI=1S/C19H21NO6/c1-19(2,3)13-5-8-15(9-6-13)25-12-18(21)26-17-11-14(20(22)23)7-10-16(17)24-4/h5-11H,12H2,1-4H3. The number of hydrogen-bond donors (Lipinski definition) is 0. The van der Waals surface area contributed by atoms with Crippen molar-refractivity contribution < 1.29 is 23.9 Å². The molecule has 0 fully saturated rings. The molecular formula is C19H21NO6. The molecular weight excluding hydrogens is 338 g/mol. The maximum Gasteiger partial charge on any atom is 0.349 e. The number of hydrogen-bond acceptors (Lipinski definition) is 6. The quantitative estimate of drug-likeness (QED) is 0.336. The van der Waals surface area contributed by atoms with Crippen LogP contribution < -0.4 is 14.2 Å². The van der Waals surface area contributed by atoms with Gasteiger partial charge in [0.1, 0.15) is 5.75 Å². The van der Waals surface area contributed by atoms with E-state index in [2.05, 4.69) is 20.8 Å². The van der Waals surface area contributed by atoms with Crippen LogP contribution in [0.1, 0.15) is 26.3 Å². The summed E-state index contributed by atoms with van der Waals surface area (Å²) in [4.78, 5) is 22.3. The molecule has 26 heavy (non-hydrogen) atoms. The van der Waals surface area contributed by atoms with Gasteiger partial charge in [0.25, 0.3) is 5.69 Å². The zero-order chi connectivity index (χ0) is 19.3. The van der Waals surface area contributed by atoms with Crippen LogP contribution in [0.15, 0.2) is 42.5 Å². The number of carbonyl (C=O) groups excluding carboxylic acids is 1. The number of benzene rings is 2. The highest BCUT2D eigenvalue weighted by Gasteiger charge is 2.17. The van der Waals surface area contributed by atoms with Gasteiger partial charge in [-0.2, -0.15) is 0 Å². The Morgan fingerprint density at radius 2 is 1.73 bits per heavy atom. The maximum atomic E-state index is 12.0. The van der Waals surface area contributed by atoms with Crippen LogP contribution in [0, 0.1) is 10.1 Å². The molecule has 2 aromatic carbocycles. The first-order chi connectivity index (χ1) is 12.2. The van der Waals surface area contributed by atoms with Gasteiger partial charge < -0.3 is 14.2 Å². The lowest BCUT2D eigenvalue weighted by atomic mass is 9.87. The molecule has 0 aromatic heterocycles. The summed E-state index contributed by atoms with van der Waals surface area (Å²) in [6.45, 7) is 5.98. The van der Waals surface area contributed by atoms with Crippen molar-refractivity contribution >= 4 is 11.7 Å². The largest absolute Gasteiger partial charge is 0.493 e. The molecule has 138 valence electrons. The van der Waals surface area contributed by atoms with Crippen LogP contribution >= 0.6 is 0 Å². The Morgan fingerprint density at radius 1 is 1.08 bits per heavy atom. The highest BCUT2D eigenvalue weighted by Crippen LogP contribution is 2.31. The highest BCUT2D eigenvalue weighted by molar-refractivity contribution is 5.75. The number of nitrogens with zero attached hydrogens (tertiary/aromatic N) is 1. The molecule has 0 atom stereocenters. The van der Waals surface area contributed by atoms with Crippen molar-refractivity contribution in [3.8, 4) is 17.2 Å². The van der Waals surface area contributed by atoms with Crippen molar-refractivity contribution in [2.24, 2.45) is 0 Å². The molecule has 7 nitrogen and oxygen atoms in total. The Kier molecular flexibility index (Phi) is 5.82. The molecule has 0 saturated carbocycles. The molecule has 0 heterocycles. The summed E-state index contributed by atoms with van der Waals surface area (Å²) < 4.78 is 15.6. The zero-order valence-corrected chi connectivity index (χ0v) is 15.1. The van der Waals surface area contributed by atoms with Crippen LogP contribution in [0.2, 0.25) is 0 Å². The number of ether oxygens (including phenoxy) is 3. The lowest BCUT2D eigenvalue weighted by Gasteiger charge is -2.19. The van der Waals surface area contributed by atoms with Gasteiger partial charge in [0.05, 0.1) is 18.1 Å². The van der Waals surface area contributed by atoms with Crippen LogP contribution in [-0.4, -0.2) is 24.6 Å². The van der Waals surface area contributed by atoms with Gasteiger partial charge in [-0.1, -0.05) is 32.9 Å². The van der Waals surface area contributed by atoms with Gasteiger partial charge in [-0.15, -0.1) is 0 Å². The second kappa shape index (κ2) is 7.86. The van der Waals surface area contributed by atoms with Crippen molar-refractivity contribution in [2.75, 3.05) is 13.7 Å². The molecule has 0 spiro atoms. The molecule has 0 unspecified atom stereocenters. The van der Waals surface area contributed by atoms with Gasteiger partial charge in [0.15, 0.2) is 18.1 Å². The Labute approximate surface area is 151 Å². The van der Waals surface area contributed by atoms with Crippen molar-refractivity contribution in [2.45, 2.75) is 26.2 Å². The maximum absolute atomic E-state index is 12.0. The molecule has 2 aromatic rings. The van der Waals surface area contributed by atoms with E-state index in [1.54, 1.807) is 12.1 Å². The molecule has 0 aliphatic rings. The fourth-order valence-corrected chi connectivity index (χ4v) is 2.20. The normalized spacial score (nSPS) is 10.9. The molecule has 0 N–H and O–H groups in total. The van der Waals surface area contributed by atoms with E-state index in [-0.39, 0.29) is 29.2 Å². The summed E-state index contributed by atoms with van der Waals surface area (Å²) in [6, 6.07) is 11.2. The summed E-state index contributed by atoms with van der Waals surface area (Å²) in [5.74, 6) is 0.0292. The van der Waals surface area contributed by atoms with Crippen LogP contribution in [-0.2, 0) is 10.2 Å². The zero-order valence-electron chi connectivity index (χ0n) is 15.1. The van der Waals surface area contributed by atoms with E-state index >= 15 is 0 Å². The first-order valence-electron chi connectivity index (χ1n) is 7.97. The smallest absolute Gasteiger partial charge is 0.349 e. The van der Waals surface area contributed by atoms with Gasteiger partial charge in [-0.3, -0.25) is 10.1 Å². The van der Waals surface area contributed by atoms with E-state index in [0.29, 0.717) is 5.75 Å². The van der Waals surface area contributed by atoms with E-state index in [0.717, 1.165) is 11.6 Å². The second-order valence-corrected chi connectivity index (χ2v) is 6.63. The summed E-state index contributed by atoms with van der Waals surface area (Å²) in [5, 5.41) is 10.8. The number of rotatable bonds is 6. The molecule has 0 aliphatic heterocycles. The number of methoxy groups -OCH3 is 1. The topological polar surface area (TPSA) is 87.9 Å². The minimum atomic E-state index is -0.691. The van der Waals surface area contributed by atoms with Gasteiger partial charge in [-0.05, 0) is 29.2 Å². The lowest BCUT2D eigenvalue weighted by molar-refractivity contribution is -0.384. The monoisotopic (exact) mass is 359 g/mol. The Bertz CT molecular complexity index is 793. The summed E-state index contributed by atoms with van der Waals surface area (Å²) in [7, 11) is 1.38.